The summed E-state index contributed by atoms with van der Waals surface area (Å²) in [5.74, 6) is 1.04. The first-order valence-corrected chi connectivity index (χ1v) is 10.2. The van der Waals surface area contributed by atoms with Crippen LogP contribution in [0.25, 0.3) is 22.5 Å². The molecule has 2 aromatic heterocycles. The molecule has 0 bridgehead atoms. The predicted molar refractivity (Wildman–Crippen MR) is 113 cm³/mol. The van der Waals surface area contributed by atoms with Crippen LogP contribution in [0.2, 0.25) is 0 Å². The zero-order chi connectivity index (χ0) is 20.2. The third kappa shape index (κ3) is 4.12. The maximum Gasteiger partial charge on any atom is 0.277 e. The summed E-state index contributed by atoms with van der Waals surface area (Å²) in [6.07, 6.45) is 0. The molecule has 0 aliphatic heterocycles. The van der Waals surface area contributed by atoms with Crippen LogP contribution in [0, 0.1) is 0 Å². The first kappa shape index (κ1) is 19.1. The van der Waals surface area contributed by atoms with Crippen molar-refractivity contribution in [3.63, 3.8) is 0 Å². The molecule has 1 N–H and O–H groups in total. The molecule has 1 amide bonds. The van der Waals surface area contributed by atoms with E-state index in [1.165, 1.54) is 11.8 Å². The maximum atomic E-state index is 12.3. The molecule has 4 aromatic rings. The molecule has 0 radical (unpaired) electrons. The zero-order valence-electron chi connectivity index (χ0n) is 16.1. The Morgan fingerprint density at radius 2 is 1.97 bits per heavy atom. The van der Waals surface area contributed by atoms with E-state index in [9.17, 15) is 4.79 Å². The Kier molecular flexibility index (Phi) is 5.53. The second kappa shape index (κ2) is 8.40. The Balaban J connectivity index is 1.42. The van der Waals surface area contributed by atoms with Crippen LogP contribution in [0.15, 0.2) is 64.2 Å². The number of carbonyl (C=O) groups is 1. The van der Waals surface area contributed by atoms with Crippen LogP contribution in [0.3, 0.4) is 0 Å². The highest BCUT2D eigenvalue weighted by Gasteiger charge is 2.16. The van der Waals surface area contributed by atoms with Crippen molar-refractivity contribution in [3.05, 3.63) is 54.6 Å². The summed E-state index contributed by atoms with van der Waals surface area (Å²) in [7, 11) is 1.96. The van der Waals surface area contributed by atoms with E-state index in [1.54, 1.807) is 6.07 Å². The Morgan fingerprint density at radius 1 is 1.17 bits per heavy atom. The summed E-state index contributed by atoms with van der Waals surface area (Å²) >= 11 is 1.19. The van der Waals surface area contributed by atoms with Gasteiger partial charge in [-0.05, 0) is 31.2 Å². The Hall–Kier alpha value is -3.26. The average molecular weight is 408 g/mol. The summed E-state index contributed by atoms with van der Waals surface area (Å²) in [5.41, 5.74) is 2.56. The van der Waals surface area contributed by atoms with E-state index >= 15 is 0 Å². The highest BCUT2D eigenvalue weighted by Crippen LogP contribution is 2.29. The minimum Gasteiger partial charge on any atom is -0.492 e. The van der Waals surface area contributed by atoms with E-state index in [-0.39, 0.29) is 11.7 Å². The van der Waals surface area contributed by atoms with Gasteiger partial charge >= 0.3 is 0 Å². The fourth-order valence-corrected chi connectivity index (χ4v) is 3.59. The van der Waals surface area contributed by atoms with Crippen molar-refractivity contribution in [2.45, 2.75) is 12.1 Å². The van der Waals surface area contributed by atoms with E-state index in [4.69, 9.17) is 9.15 Å². The lowest BCUT2D eigenvalue weighted by Crippen LogP contribution is -2.14. The Labute approximate surface area is 172 Å². The number of hydrogen-bond donors (Lipinski definition) is 1. The van der Waals surface area contributed by atoms with Crippen molar-refractivity contribution in [1.29, 1.82) is 0 Å². The quantitative estimate of drug-likeness (QED) is 0.458. The number of ether oxygens (including phenoxy) is 1. The lowest BCUT2D eigenvalue weighted by Gasteiger charge is -2.10. The van der Waals surface area contributed by atoms with Gasteiger partial charge in [0, 0.05) is 18.0 Å². The molecule has 29 heavy (non-hydrogen) atoms. The number of rotatable bonds is 7. The standard InChI is InChI=1S/C21H20N4O3S/c1-3-27-18-11-7-5-9-15(18)22-19(26)13-29-21-24-23-20(28-21)17-12-14-8-4-6-10-16(14)25(17)2/h4-12H,3,13H2,1-2H3,(H,22,26). The van der Waals surface area contributed by atoms with E-state index in [0.29, 0.717) is 29.2 Å². The molecule has 0 spiro atoms. The molecule has 4 rings (SSSR count). The highest BCUT2D eigenvalue weighted by atomic mass is 32.2. The van der Waals surface area contributed by atoms with E-state index in [0.717, 1.165) is 16.6 Å². The fraction of sp³-hybridized carbons (Fsp3) is 0.190. The molecule has 2 aromatic carbocycles. The molecule has 148 valence electrons. The SMILES string of the molecule is CCOc1ccccc1NC(=O)CSc1nnc(-c2cc3ccccc3n2C)o1. The topological polar surface area (TPSA) is 82.2 Å². The molecule has 0 atom stereocenters. The third-order valence-corrected chi connectivity index (χ3v) is 5.18. The molecular weight excluding hydrogens is 388 g/mol. The van der Waals surface area contributed by atoms with Crippen molar-refractivity contribution in [2.24, 2.45) is 7.05 Å². The average Bonchev–Trinajstić information content (AvgIpc) is 3.33. The first-order chi connectivity index (χ1) is 14.2. The normalized spacial score (nSPS) is 11.0. The van der Waals surface area contributed by atoms with Gasteiger partial charge in [-0.15, -0.1) is 10.2 Å². The number of thioether (sulfide) groups is 1. The van der Waals surface area contributed by atoms with Gasteiger partial charge in [0.25, 0.3) is 11.1 Å². The lowest BCUT2D eigenvalue weighted by atomic mass is 10.2. The van der Waals surface area contributed by atoms with Gasteiger partial charge in [-0.1, -0.05) is 42.1 Å². The molecule has 8 heteroatoms. The highest BCUT2D eigenvalue weighted by molar-refractivity contribution is 7.99. The zero-order valence-corrected chi connectivity index (χ0v) is 16.9. The van der Waals surface area contributed by atoms with Gasteiger partial charge in [-0.25, -0.2) is 0 Å². The van der Waals surface area contributed by atoms with Gasteiger partial charge in [-0.2, -0.15) is 0 Å². The van der Waals surface area contributed by atoms with Gasteiger partial charge in [-0.3, -0.25) is 4.79 Å². The number of aryl methyl sites for hydroxylation is 1. The number of amides is 1. The summed E-state index contributed by atoms with van der Waals surface area (Å²) in [6, 6.07) is 17.4. The van der Waals surface area contributed by atoms with E-state index in [2.05, 4.69) is 15.5 Å². The van der Waals surface area contributed by atoms with Gasteiger partial charge in [0.15, 0.2) is 0 Å². The monoisotopic (exact) mass is 408 g/mol. The minimum atomic E-state index is -0.175. The van der Waals surface area contributed by atoms with Gasteiger partial charge in [0.05, 0.1) is 18.0 Å². The number of carbonyl (C=O) groups excluding carboxylic acids is 1. The minimum absolute atomic E-state index is 0.150. The summed E-state index contributed by atoms with van der Waals surface area (Å²) < 4.78 is 13.3. The van der Waals surface area contributed by atoms with Gasteiger partial charge < -0.3 is 19.0 Å². The molecule has 2 heterocycles. The first-order valence-electron chi connectivity index (χ1n) is 9.18. The van der Waals surface area contributed by atoms with Crippen LogP contribution in [0.5, 0.6) is 5.75 Å². The van der Waals surface area contributed by atoms with Gasteiger partial charge in [0.2, 0.25) is 5.91 Å². The van der Waals surface area contributed by atoms with Crippen molar-refractivity contribution < 1.29 is 13.9 Å². The smallest absolute Gasteiger partial charge is 0.277 e. The van der Waals surface area contributed by atoms with Crippen molar-refractivity contribution in [1.82, 2.24) is 14.8 Å². The molecule has 0 saturated heterocycles. The molecular formula is C21H20N4O3S. The number of fused-ring (bicyclic) bond motifs is 1. The van der Waals surface area contributed by atoms with E-state index < -0.39 is 0 Å². The fourth-order valence-electron chi connectivity index (χ4n) is 3.03. The number of aromatic nitrogens is 3. The number of nitrogens with zero attached hydrogens (tertiary/aromatic N) is 3. The number of nitrogens with one attached hydrogen (secondary N) is 1. The number of anilines is 1. The van der Waals surface area contributed by atoms with Crippen LogP contribution < -0.4 is 10.1 Å². The molecule has 0 fully saturated rings. The van der Waals surface area contributed by atoms with Gasteiger partial charge in [0.1, 0.15) is 11.4 Å². The van der Waals surface area contributed by atoms with Crippen molar-refractivity contribution in [3.8, 4) is 17.3 Å². The second-order valence-corrected chi connectivity index (χ2v) is 7.21. The molecule has 7 nitrogen and oxygen atoms in total. The van der Waals surface area contributed by atoms with E-state index in [1.807, 2.05) is 67.1 Å². The lowest BCUT2D eigenvalue weighted by molar-refractivity contribution is -0.113. The van der Waals surface area contributed by atoms with Crippen molar-refractivity contribution in [2.75, 3.05) is 17.7 Å². The molecule has 0 aliphatic rings. The van der Waals surface area contributed by atoms with Crippen LogP contribution >= 0.6 is 11.8 Å². The Morgan fingerprint density at radius 3 is 2.79 bits per heavy atom. The second-order valence-electron chi connectivity index (χ2n) is 6.29. The third-order valence-electron chi connectivity index (χ3n) is 4.36. The van der Waals surface area contributed by atoms with Crippen molar-refractivity contribution >= 4 is 34.3 Å². The molecule has 0 aliphatic carbocycles. The molecule has 0 unspecified atom stereocenters. The number of benzene rings is 2. The molecule has 0 saturated carbocycles. The van der Waals surface area contributed by atoms with Crippen LogP contribution in [-0.2, 0) is 11.8 Å². The largest absolute Gasteiger partial charge is 0.492 e. The Bertz CT molecular complexity index is 1150. The summed E-state index contributed by atoms with van der Waals surface area (Å²) in [4.78, 5) is 12.3. The van der Waals surface area contributed by atoms with Crippen LogP contribution in [-0.4, -0.2) is 33.0 Å². The number of para-hydroxylation sites is 3. The summed E-state index contributed by atoms with van der Waals surface area (Å²) in [6.45, 7) is 2.43. The maximum absolute atomic E-state index is 12.3. The van der Waals surface area contributed by atoms with Crippen LogP contribution in [0.1, 0.15) is 6.92 Å². The number of hydrogen-bond acceptors (Lipinski definition) is 6. The summed E-state index contributed by atoms with van der Waals surface area (Å²) in [5, 5.41) is 12.5. The predicted octanol–water partition coefficient (Wildman–Crippen LogP) is 4.36. The van der Waals surface area contributed by atoms with Crippen LogP contribution in [0.4, 0.5) is 5.69 Å².